The summed E-state index contributed by atoms with van der Waals surface area (Å²) in [6.45, 7) is 6.05. The predicted molar refractivity (Wildman–Crippen MR) is 63.9 cm³/mol. The van der Waals surface area contributed by atoms with Crippen molar-refractivity contribution in [3.05, 3.63) is 0 Å². The summed E-state index contributed by atoms with van der Waals surface area (Å²) >= 11 is 13.7. The number of rotatable bonds is 4. The highest BCUT2D eigenvalue weighted by molar-refractivity contribution is 14.1. The zero-order chi connectivity index (χ0) is 9.78. The molecule has 0 aliphatic heterocycles. The Morgan fingerprint density at radius 1 is 1.25 bits per heavy atom. The highest BCUT2D eigenvalue weighted by Crippen LogP contribution is 2.19. The Morgan fingerprint density at radius 3 is 2.00 bits per heavy atom. The topological polar surface area (TPSA) is 9.23 Å². The third-order valence-corrected chi connectivity index (χ3v) is 3.61. The Balaban J connectivity index is 3.99. The molecule has 0 saturated heterocycles. The molecule has 0 aromatic rings. The molecule has 0 radical (unpaired) electrons. The van der Waals surface area contributed by atoms with Crippen molar-refractivity contribution in [2.45, 2.75) is 36.4 Å². The summed E-state index contributed by atoms with van der Waals surface area (Å²) in [5.74, 6) is 1.08. The molecule has 0 fully saturated rings. The van der Waals surface area contributed by atoms with Gasteiger partial charge in [-0.05, 0) is 20.8 Å². The molecule has 0 amide bonds. The van der Waals surface area contributed by atoms with Gasteiger partial charge in [0.2, 0.25) is 0 Å². The minimum atomic E-state index is -0.144. The van der Waals surface area contributed by atoms with Crippen LogP contribution in [0.1, 0.15) is 20.8 Å². The molecule has 0 aromatic carbocycles. The summed E-state index contributed by atoms with van der Waals surface area (Å²) in [7, 11) is 0. The van der Waals surface area contributed by atoms with Gasteiger partial charge in [0.25, 0.3) is 0 Å². The first-order valence-corrected chi connectivity index (χ1v) is 6.16. The van der Waals surface area contributed by atoms with Gasteiger partial charge in [-0.15, -0.1) is 23.2 Å². The molecule has 1 nitrogen and oxygen atoms in total. The zero-order valence-electron chi connectivity index (χ0n) is 7.61. The lowest BCUT2D eigenvalue weighted by Crippen LogP contribution is -2.35. The van der Waals surface area contributed by atoms with Crippen LogP contribution >= 0.6 is 45.8 Å². The van der Waals surface area contributed by atoms with E-state index in [0.29, 0.717) is 11.8 Å². The summed E-state index contributed by atoms with van der Waals surface area (Å²) < 4.78 is 5.99. The van der Waals surface area contributed by atoms with E-state index in [1.165, 1.54) is 0 Å². The number of hydrogen-bond donors (Lipinski definition) is 0. The maximum Gasteiger partial charge on any atom is 0.0846 e. The second-order valence-electron chi connectivity index (χ2n) is 3.59. The van der Waals surface area contributed by atoms with E-state index in [-0.39, 0.29) is 15.6 Å². The number of alkyl halides is 3. The molecule has 12 heavy (non-hydrogen) atoms. The Hall–Kier alpha value is 1.27. The highest BCUT2D eigenvalue weighted by atomic mass is 127. The van der Waals surface area contributed by atoms with Crippen LogP contribution in [0.25, 0.3) is 0 Å². The van der Waals surface area contributed by atoms with Crippen molar-refractivity contribution in [1.82, 2.24) is 0 Å². The SMILES string of the molecule is CC(C)(C)OC(CCl)C(I)CCl. The molecule has 2 unspecified atom stereocenters. The maximum atomic E-state index is 5.76. The van der Waals surface area contributed by atoms with E-state index in [1.807, 2.05) is 20.8 Å². The molecule has 0 heterocycles. The Morgan fingerprint density at radius 2 is 1.75 bits per heavy atom. The lowest BCUT2D eigenvalue weighted by Gasteiger charge is -2.28. The van der Waals surface area contributed by atoms with Crippen molar-refractivity contribution in [3.63, 3.8) is 0 Å². The Labute approximate surface area is 98.3 Å². The van der Waals surface area contributed by atoms with Crippen LogP contribution in [0, 0.1) is 0 Å². The molecule has 2 atom stereocenters. The summed E-state index contributed by atoms with van der Waals surface area (Å²) in [5.41, 5.74) is -0.144. The van der Waals surface area contributed by atoms with E-state index >= 15 is 0 Å². The van der Waals surface area contributed by atoms with E-state index < -0.39 is 0 Å². The van der Waals surface area contributed by atoms with Crippen LogP contribution in [0.2, 0.25) is 0 Å². The molecule has 0 N–H and O–H groups in total. The third-order valence-electron chi connectivity index (χ3n) is 1.21. The van der Waals surface area contributed by atoms with Gasteiger partial charge in [0.05, 0.1) is 15.6 Å². The van der Waals surface area contributed by atoms with Crippen molar-refractivity contribution < 1.29 is 4.74 Å². The Bertz CT molecular complexity index is 125. The van der Waals surface area contributed by atoms with E-state index in [1.54, 1.807) is 0 Å². The van der Waals surface area contributed by atoms with Crippen molar-refractivity contribution >= 4 is 45.8 Å². The Kier molecular flexibility index (Phi) is 6.51. The fourth-order valence-corrected chi connectivity index (χ4v) is 1.93. The van der Waals surface area contributed by atoms with Gasteiger partial charge in [0, 0.05) is 11.8 Å². The zero-order valence-corrected chi connectivity index (χ0v) is 11.3. The fourth-order valence-electron chi connectivity index (χ4n) is 0.755. The summed E-state index contributed by atoms with van der Waals surface area (Å²) in [6.07, 6.45) is 0.0461. The molecule has 0 saturated carbocycles. The molecular formula is C8H15Cl2IO. The predicted octanol–water partition coefficient (Wildman–Crippen LogP) is 3.45. The van der Waals surface area contributed by atoms with Gasteiger partial charge in [-0.1, -0.05) is 22.6 Å². The van der Waals surface area contributed by atoms with Crippen LogP contribution in [0.15, 0.2) is 0 Å². The van der Waals surface area contributed by atoms with E-state index in [9.17, 15) is 0 Å². The van der Waals surface area contributed by atoms with E-state index in [2.05, 4.69) is 22.6 Å². The molecule has 0 aliphatic carbocycles. The van der Waals surface area contributed by atoms with Crippen molar-refractivity contribution in [2.75, 3.05) is 11.8 Å². The van der Waals surface area contributed by atoms with Crippen LogP contribution < -0.4 is 0 Å². The van der Waals surface area contributed by atoms with Crippen LogP contribution in [0.3, 0.4) is 0 Å². The first-order chi connectivity index (χ1) is 5.40. The molecule has 4 heteroatoms. The number of halogens is 3. The lowest BCUT2D eigenvalue weighted by atomic mass is 10.2. The standard InChI is InChI=1S/C8H15Cl2IO/c1-8(2,3)12-7(5-10)6(11)4-9/h6-7H,4-5H2,1-3H3. The molecule has 0 bridgehead atoms. The fraction of sp³-hybridized carbons (Fsp3) is 1.00. The monoisotopic (exact) mass is 324 g/mol. The number of hydrogen-bond acceptors (Lipinski definition) is 1. The van der Waals surface area contributed by atoms with Gasteiger partial charge in [0.1, 0.15) is 0 Å². The van der Waals surface area contributed by atoms with Crippen molar-refractivity contribution in [2.24, 2.45) is 0 Å². The van der Waals surface area contributed by atoms with Crippen LogP contribution in [-0.2, 0) is 4.74 Å². The minimum Gasteiger partial charge on any atom is -0.370 e. The van der Waals surface area contributed by atoms with Gasteiger partial charge in [-0.2, -0.15) is 0 Å². The average Bonchev–Trinajstić information content (AvgIpc) is 1.97. The third kappa shape index (κ3) is 5.84. The van der Waals surface area contributed by atoms with Crippen LogP contribution in [0.4, 0.5) is 0 Å². The van der Waals surface area contributed by atoms with Gasteiger partial charge in [-0.3, -0.25) is 0 Å². The summed E-state index contributed by atoms with van der Waals surface area (Å²) in [5, 5.41) is 0. The minimum absolute atomic E-state index is 0.0461. The second-order valence-corrected chi connectivity index (χ2v) is 5.81. The van der Waals surface area contributed by atoms with Gasteiger partial charge < -0.3 is 4.74 Å². The molecular weight excluding hydrogens is 310 g/mol. The van der Waals surface area contributed by atoms with Crippen molar-refractivity contribution in [3.8, 4) is 0 Å². The van der Waals surface area contributed by atoms with Gasteiger partial charge in [0.15, 0.2) is 0 Å². The van der Waals surface area contributed by atoms with Crippen molar-refractivity contribution in [1.29, 1.82) is 0 Å². The van der Waals surface area contributed by atoms with Crippen LogP contribution in [-0.4, -0.2) is 27.4 Å². The maximum absolute atomic E-state index is 5.76. The molecule has 0 rings (SSSR count). The molecule has 0 aliphatic rings. The highest BCUT2D eigenvalue weighted by Gasteiger charge is 2.23. The second kappa shape index (κ2) is 5.89. The lowest BCUT2D eigenvalue weighted by molar-refractivity contribution is -0.0459. The first kappa shape index (κ1) is 13.3. The molecule has 0 aromatic heterocycles. The number of ether oxygens (including phenoxy) is 1. The first-order valence-electron chi connectivity index (χ1n) is 3.84. The van der Waals surface area contributed by atoms with Gasteiger partial charge in [-0.25, -0.2) is 0 Å². The van der Waals surface area contributed by atoms with Gasteiger partial charge >= 0.3 is 0 Å². The largest absolute Gasteiger partial charge is 0.370 e. The summed E-state index contributed by atoms with van der Waals surface area (Å²) in [4.78, 5) is 0. The average molecular weight is 325 g/mol. The summed E-state index contributed by atoms with van der Waals surface area (Å²) in [6, 6.07) is 0. The smallest absolute Gasteiger partial charge is 0.0846 e. The quantitative estimate of drug-likeness (QED) is 0.568. The van der Waals surface area contributed by atoms with E-state index in [0.717, 1.165) is 0 Å². The van der Waals surface area contributed by atoms with E-state index in [4.69, 9.17) is 27.9 Å². The molecule has 74 valence electrons. The normalized spacial score (nSPS) is 17.5. The molecule has 0 spiro atoms. The van der Waals surface area contributed by atoms with Crippen LogP contribution in [0.5, 0.6) is 0 Å².